The molecule has 0 fully saturated rings. The lowest BCUT2D eigenvalue weighted by Crippen LogP contribution is -2.33. The molecule has 3 aromatic rings. The summed E-state index contributed by atoms with van der Waals surface area (Å²) >= 11 is 5.97. The molecule has 0 amide bonds. The van der Waals surface area contributed by atoms with Gasteiger partial charge in [0.1, 0.15) is 22.4 Å². The summed E-state index contributed by atoms with van der Waals surface area (Å²) in [5.74, 6) is -0.375. The second-order valence-electron chi connectivity index (χ2n) is 6.12. The van der Waals surface area contributed by atoms with Gasteiger partial charge in [-0.2, -0.15) is 14.0 Å². The van der Waals surface area contributed by atoms with E-state index in [1.807, 2.05) is 6.07 Å². The van der Waals surface area contributed by atoms with Gasteiger partial charge in [0.15, 0.2) is 0 Å². The van der Waals surface area contributed by atoms with E-state index in [1.165, 1.54) is 54.7 Å². The van der Waals surface area contributed by atoms with Crippen LogP contribution in [0.15, 0.2) is 60.1 Å². The number of nitriles is 1. The van der Waals surface area contributed by atoms with Gasteiger partial charge in [-0.25, -0.2) is 9.37 Å². The largest absolute Gasteiger partial charge is 0.444 e. The molecule has 0 aliphatic carbocycles. The Bertz CT molecular complexity index is 1190. The molecule has 2 aromatic carbocycles. The van der Waals surface area contributed by atoms with Crippen molar-refractivity contribution in [3.05, 3.63) is 75.2 Å². The summed E-state index contributed by atoms with van der Waals surface area (Å²) in [6.45, 7) is 0. The standard InChI is InChI=1S/C20H12ClF3N4O3S/c21-19(22)20(23,24)31-17-4-2-1-3-15(17)26-10-13(9-25)18-27-16(11-32-18)12-5-7-14(8-6-12)28(29)30/h1-8,10-11,19,26H/b13-10+/t19-/m1/s1. The molecule has 164 valence electrons. The van der Waals surface area contributed by atoms with E-state index >= 15 is 0 Å². The summed E-state index contributed by atoms with van der Waals surface area (Å²) in [5.41, 5.74) is -1.86. The molecule has 32 heavy (non-hydrogen) atoms. The summed E-state index contributed by atoms with van der Waals surface area (Å²) < 4.78 is 44.3. The zero-order valence-electron chi connectivity index (χ0n) is 15.8. The third-order valence-electron chi connectivity index (χ3n) is 3.99. The molecule has 3 rings (SSSR count). The highest BCUT2D eigenvalue weighted by Gasteiger charge is 2.42. The maximum atomic E-state index is 13.5. The molecule has 7 nitrogen and oxygen atoms in total. The zero-order valence-corrected chi connectivity index (χ0v) is 17.4. The number of alkyl halides is 4. The zero-order chi connectivity index (χ0) is 23.3. The maximum absolute atomic E-state index is 13.5. The van der Waals surface area contributed by atoms with Crippen LogP contribution in [-0.2, 0) is 0 Å². The van der Waals surface area contributed by atoms with Gasteiger partial charge >= 0.3 is 6.11 Å². The summed E-state index contributed by atoms with van der Waals surface area (Å²) in [5, 5.41) is 24.9. The van der Waals surface area contributed by atoms with Crippen LogP contribution in [0, 0.1) is 21.4 Å². The average Bonchev–Trinajstić information content (AvgIpc) is 3.25. The SMILES string of the molecule is N#C/C(=C\Nc1ccccc1OC(F)(F)[C@@H](F)Cl)c1nc(-c2ccc([N+](=O)[O-])cc2)cs1. The lowest BCUT2D eigenvalue weighted by atomic mass is 10.1. The van der Waals surface area contributed by atoms with Crippen LogP contribution in [0.3, 0.4) is 0 Å². The second-order valence-corrected chi connectivity index (χ2v) is 7.36. The minimum atomic E-state index is -4.25. The van der Waals surface area contributed by atoms with Gasteiger partial charge < -0.3 is 10.1 Å². The molecule has 1 heterocycles. The first-order chi connectivity index (χ1) is 15.2. The fourth-order valence-corrected chi connectivity index (χ4v) is 3.28. The van der Waals surface area contributed by atoms with E-state index in [0.29, 0.717) is 16.3 Å². The van der Waals surface area contributed by atoms with Crippen molar-refractivity contribution in [2.45, 2.75) is 11.7 Å². The molecule has 12 heteroatoms. The number of benzene rings is 2. The number of nitrogens with zero attached hydrogens (tertiary/aromatic N) is 3. The van der Waals surface area contributed by atoms with Crippen molar-refractivity contribution in [1.29, 1.82) is 5.26 Å². The van der Waals surface area contributed by atoms with E-state index in [-0.39, 0.29) is 22.7 Å². The molecule has 0 bridgehead atoms. The van der Waals surface area contributed by atoms with Crippen LogP contribution in [0.1, 0.15) is 5.01 Å². The number of thiazole rings is 1. The molecule has 0 aliphatic rings. The fraction of sp³-hybridized carbons (Fsp3) is 0.100. The summed E-state index contributed by atoms with van der Waals surface area (Å²) in [7, 11) is 0. The normalized spacial score (nSPS) is 12.7. The molecule has 0 saturated carbocycles. The number of nitrogens with one attached hydrogen (secondary N) is 1. The molecule has 0 aliphatic heterocycles. The quantitative estimate of drug-likeness (QED) is 0.178. The van der Waals surface area contributed by atoms with Crippen LogP contribution < -0.4 is 10.1 Å². The Labute approximate surface area is 188 Å². The number of aromatic nitrogens is 1. The Balaban J connectivity index is 1.81. The molecule has 0 radical (unpaired) electrons. The Hall–Kier alpha value is -3.62. The number of ether oxygens (including phenoxy) is 1. The number of allylic oxidation sites excluding steroid dienone is 1. The first-order valence-electron chi connectivity index (χ1n) is 8.73. The third kappa shape index (κ3) is 5.35. The lowest BCUT2D eigenvalue weighted by molar-refractivity contribution is -0.384. The fourth-order valence-electron chi connectivity index (χ4n) is 2.44. The van der Waals surface area contributed by atoms with Gasteiger partial charge in [0.25, 0.3) is 11.3 Å². The highest BCUT2D eigenvalue weighted by atomic mass is 35.5. The lowest BCUT2D eigenvalue weighted by Gasteiger charge is -2.19. The van der Waals surface area contributed by atoms with E-state index < -0.39 is 16.7 Å². The number of para-hydroxylation sites is 2. The highest BCUT2D eigenvalue weighted by molar-refractivity contribution is 7.11. The van der Waals surface area contributed by atoms with Crippen LogP contribution in [0.4, 0.5) is 24.5 Å². The van der Waals surface area contributed by atoms with Crippen LogP contribution in [0.2, 0.25) is 0 Å². The molecule has 0 unspecified atom stereocenters. The number of hydrogen-bond acceptors (Lipinski definition) is 7. The molecular weight excluding hydrogens is 469 g/mol. The van der Waals surface area contributed by atoms with E-state index in [9.17, 15) is 28.5 Å². The molecule has 0 spiro atoms. The smallest absolute Gasteiger partial charge is 0.427 e. The van der Waals surface area contributed by atoms with Crippen molar-refractivity contribution in [3.8, 4) is 23.1 Å². The molecule has 1 N–H and O–H groups in total. The van der Waals surface area contributed by atoms with Gasteiger partial charge in [0.2, 0.25) is 0 Å². The van der Waals surface area contributed by atoms with E-state index in [4.69, 9.17) is 11.6 Å². The van der Waals surface area contributed by atoms with Crippen LogP contribution in [0.5, 0.6) is 5.75 Å². The van der Waals surface area contributed by atoms with Crippen molar-refractivity contribution in [1.82, 2.24) is 4.98 Å². The van der Waals surface area contributed by atoms with Crippen LogP contribution >= 0.6 is 22.9 Å². The number of nitro groups is 1. The Kier molecular flexibility index (Phi) is 6.97. The van der Waals surface area contributed by atoms with Crippen molar-refractivity contribution in [2.24, 2.45) is 0 Å². The number of halogens is 4. The Morgan fingerprint density at radius 1 is 1.31 bits per heavy atom. The number of rotatable bonds is 8. The predicted octanol–water partition coefficient (Wildman–Crippen LogP) is 6.20. The van der Waals surface area contributed by atoms with Gasteiger partial charge in [-0.15, -0.1) is 11.3 Å². The minimum Gasteiger partial charge on any atom is -0.427 e. The Morgan fingerprint density at radius 2 is 2.00 bits per heavy atom. The van der Waals surface area contributed by atoms with Gasteiger partial charge in [0, 0.05) is 29.3 Å². The first-order valence-corrected chi connectivity index (χ1v) is 10.0. The monoisotopic (exact) mass is 480 g/mol. The van der Waals surface area contributed by atoms with Gasteiger partial charge in [-0.1, -0.05) is 23.7 Å². The number of nitro benzene ring substituents is 1. The second kappa shape index (κ2) is 9.67. The van der Waals surface area contributed by atoms with Crippen LogP contribution in [0.25, 0.3) is 16.8 Å². The summed E-state index contributed by atoms with van der Waals surface area (Å²) in [6, 6.07) is 13.2. The van der Waals surface area contributed by atoms with Crippen molar-refractivity contribution in [2.75, 3.05) is 5.32 Å². The number of hydrogen-bond donors (Lipinski definition) is 1. The van der Waals surface area contributed by atoms with Crippen molar-refractivity contribution >= 4 is 39.9 Å². The topological polar surface area (TPSA) is 101 Å². The number of anilines is 1. The van der Waals surface area contributed by atoms with Gasteiger partial charge in [-0.3, -0.25) is 10.1 Å². The average molecular weight is 481 g/mol. The van der Waals surface area contributed by atoms with Crippen molar-refractivity contribution < 1.29 is 22.8 Å². The Morgan fingerprint density at radius 3 is 2.62 bits per heavy atom. The molecular formula is C20H12ClF3N4O3S. The van der Waals surface area contributed by atoms with Crippen molar-refractivity contribution in [3.63, 3.8) is 0 Å². The minimum absolute atomic E-state index is 0.0457. The molecule has 1 atom stereocenters. The molecule has 0 saturated heterocycles. The van der Waals surface area contributed by atoms with Gasteiger partial charge in [0.05, 0.1) is 16.3 Å². The number of non-ortho nitro benzene ring substituents is 1. The van der Waals surface area contributed by atoms with Gasteiger partial charge in [-0.05, 0) is 24.3 Å². The predicted molar refractivity (Wildman–Crippen MR) is 114 cm³/mol. The highest BCUT2D eigenvalue weighted by Crippen LogP contribution is 2.34. The first kappa shape index (κ1) is 23.1. The van der Waals surface area contributed by atoms with E-state index in [2.05, 4.69) is 15.0 Å². The molecule has 1 aromatic heterocycles. The summed E-state index contributed by atoms with van der Waals surface area (Å²) in [6.07, 6.45) is -3.01. The van der Waals surface area contributed by atoms with E-state index in [0.717, 1.165) is 11.3 Å². The van der Waals surface area contributed by atoms with Crippen LogP contribution in [-0.4, -0.2) is 21.6 Å². The summed E-state index contributed by atoms with van der Waals surface area (Å²) in [4.78, 5) is 14.6. The van der Waals surface area contributed by atoms with E-state index in [1.54, 1.807) is 5.38 Å². The maximum Gasteiger partial charge on any atom is 0.444 e. The third-order valence-corrected chi connectivity index (χ3v) is 5.12.